The molecule has 156 valence electrons. The van der Waals surface area contributed by atoms with Gasteiger partial charge in [0.25, 0.3) is 5.91 Å². The molecule has 0 aliphatic carbocycles. The van der Waals surface area contributed by atoms with Gasteiger partial charge in [0.1, 0.15) is 6.04 Å². The van der Waals surface area contributed by atoms with Crippen molar-refractivity contribution in [2.75, 3.05) is 4.90 Å². The summed E-state index contributed by atoms with van der Waals surface area (Å²) in [5, 5.41) is 0. The number of hydrogen-bond donors (Lipinski definition) is 0. The van der Waals surface area contributed by atoms with Crippen LogP contribution in [0.5, 0.6) is 0 Å². The molecule has 0 radical (unpaired) electrons. The third kappa shape index (κ3) is 4.75. The highest BCUT2D eigenvalue weighted by Gasteiger charge is 2.44. The maximum Gasteiger partial charge on any atom is 0.257 e. The predicted octanol–water partition coefficient (Wildman–Crippen LogP) is 4.35. The van der Waals surface area contributed by atoms with E-state index in [1.807, 2.05) is 60.7 Å². The fourth-order valence-electron chi connectivity index (χ4n) is 3.75. The van der Waals surface area contributed by atoms with Gasteiger partial charge in [-0.3, -0.25) is 14.4 Å². The first-order chi connectivity index (χ1) is 15.0. The molecule has 1 fully saturated rings. The summed E-state index contributed by atoms with van der Waals surface area (Å²) in [6, 6.07) is 25.1. The number of hydrogen-bond acceptors (Lipinski definition) is 3. The minimum Gasteiger partial charge on any atom is -0.325 e. The first kappa shape index (κ1) is 21.0. The molecule has 0 aromatic heterocycles. The van der Waals surface area contributed by atoms with E-state index in [1.54, 1.807) is 29.2 Å². The standard InChI is InChI=1S/C25H21BrN2O3/c26-20-11-13-21(14-12-20)28-24(30)16-22(25(28)31)27(17-19-9-5-2-6-10-19)23(29)15-18-7-3-1-4-8-18/h1-14,22H,15-17H2. The van der Waals surface area contributed by atoms with Crippen molar-refractivity contribution in [2.24, 2.45) is 0 Å². The Morgan fingerprint density at radius 3 is 2.06 bits per heavy atom. The second-order valence-electron chi connectivity index (χ2n) is 7.43. The second kappa shape index (κ2) is 9.27. The quantitative estimate of drug-likeness (QED) is 0.496. The van der Waals surface area contributed by atoms with Crippen LogP contribution in [-0.2, 0) is 27.3 Å². The number of halogens is 1. The van der Waals surface area contributed by atoms with Crippen LogP contribution in [0.25, 0.3) is 0 Å². The molecule has 1 aliphatic heterocycles. The molecule has 0 bridgehead atoms. The fourth-order valence-corrected chi connectivity index (χ4v) is 4.01. The van der Waals surface area contributed by atoms with Gasteiger partial charge in [-0.1, -0.05) is 76.6 Å². The highest BCUT2D eigenvalue weighted by atomic mass is 79.9. The molecular weight excluding hydrogens is 456 g/mol. The van der Waals surface area contributed by atoms with Crippen molar-refractivity contribution in [1.82, 2.24) is 4.90 Å². The lowest BCUT2D eigenvalue weighted by Gasteiger charge is -2.28. The Morgan fingerprint density at radius 2 is 1.45 bits per heavy atom. The molecule has 0 N–H and O–H groups in total. The van der Waals surface area contributed by atoms with Crippen molar-refractivity contribution < 1.29 is 14.4 Å². The lowest BCUT2D eigenvalue weighted by Crippen LogP contribution is -2.45. The van der Waals surface area contributed by atoms with Gasteiger partial charge in [-0.2, -0.15) is 0 Å². The van der Waals surface area contributed by atoms with Crippen LogP contribution in [0.1, 0.15) is 17.5 Å². The lowest BCUT2D eigenvalue weighted by atomic mass is 10.1. The van der Waals surface area contributed by atoms with Crippen LogP contribution in [0, 0.1) is 0 Å². The Kier molecular flexibility index (Phi) is 6.28. The molecule has 4 rings (SSSR count). The van der Waals surface area contributed by atoms with Gasteiger partial charge in [-0.25, -0.2) is 4.90 Å². The van der Waals surface area contributed by atoms with Crippen LogP contribution < -0.4 is 4.90 Å². The van der Waals surface area contributed by atoms with Gasteiger partial charge in [0.15, 0.2) is 0 Å². The Labute approximate surface area is 189 Å². The zero-order valence-electron chi connectivity index (χ0n) is 16.8. The van der Waals surface area contributed by atoms with E-state index < -0.39 is 6.04 Å². The van der Waals surface area contributed by atoms with Crippen LogP contribution in [0.2, 0.25) is 0 Å². The summed E-state index contributed by atoms with van der Waals surface area (Å²) in [4.78, 5) is 42.1. The summed E-state index contributed by atoms with van der Waals surface area (Å²) in [7, 11) is 0. The molecule has 1 aliphatic rings. The molecule has 1 saturated heterocycles. The van der Waals surface area contributed by atoms with Crippen molar-refractivity contribution in [3.8, 4) is 0 Å². The van der Waals surface area contributed by atoms with Crippen LogP contribution >= 0.6 is 15.9 Å². The Balaban J connectivity index is 1.62. The molecule has 31 heavy (non-hydrogen) atoms. The van der Waals surface area contributed by atoms with Crippen molar-refractivity contribution in [3.63, 3.8) is 0 Å². The zero-order chi connectivity index (χ0) is 21.8. The first-order valence-electron chi connectivity index (χ1n) is 10.0. The Morgan fingerprint density at radius 1 is 0.871 bits per heavy atom. The fraction of sp³-hybridized carbons (Fsp3) is 0.160. The van der Waals surface area contributed by atoms with E-state index in [0.29, 0.717) is 5.69 Å². The molecule has 5 nitrogen and oxygen atoms in total. The van der Waals surface area contributed by atoms with E-state index in [4.69, 9.17) is 0 Å². The summed E-state index contributed by atoms with van der Waals surface area (Å²) < 4.78 is 0.857. The molecule has 3 aromatic rings. The largest absolute Gasteiger partial charge is 0.325 e. The molecule has 0 spiro atoms. The molecule has 1 atom stereocenters. The van der Waals surface area contributed by atoms with Crippen LogP contribution in [-0.4, -0.2) is 28.7 Å². The number of carbonyl (C=O) groups is 3. The molecule has 3 amide bonds. The van der Waals surface area contributed by atoms with Crippen molar-refractivity contribution in [1.29, 1.82) is 0 Å². The summed E-state index contributed by atoms with van der Waals surface area (Å²) in [6.45, 7) is 0.268. The SMILES string of the molecule is O=C1CC(N(Cc2ccccc2)C(=O)Cc2ccccc2)C(=O)N1c1ccc(Br)cc1. The summed E-state index contributed by atoms with van der Waals surface area (Å²) in [5.41, 5.74) is 2.29. The van der Waals surface area contributed by atoms with E-state index in [-0.39, 0.29) is 37.1 Å². The lowest BCUT2D eigenvalue weighted by molar-refractivity contribution is -0.138. The average molecular weight is 477 g/mol. The van der Waals surface area contributed by atoms with E-state index in [2.05, 4.69) is 15.9 Å². The predicted molar refractivity (Wildman–Crippen MR) is 122 cm³/mol. The highest BCUT2D eigenvalue weighted by Crippen LogP contribution is 2.28. The second-order valence-corrected chi connectivity index (χ2v) is 8.35. The minimum atomic E-state index is -0.826. The van der Waals surface area contributed by atoms with Crippen LogP contribution in [0.3, 0.4) is 0 Å². The van der Waals surface area contributed by atoms with Crippen molar-refractivity contribution in [2.45, 2.75) is 25.4 Å². The molecule has 1 unspecified atom stereocenters. The smallest absolute Gasteiger partial charge is 0.257 e. The van der Waals surface area contributed by atoms with Crippen LogP contribution in [0.15, 0.2) is 89.4 Å². The van der Waals surface area contributed by atoms with Crippen molar-refractivity contribution >= 4 is 39.3 Å². The van der Waals surface area contributed by atoms with Gasteiger partial charge >= 0.3 is 0 Å². The first-order valence-corrected chi connectivity index (χ1v) is 10.8. The third-order valence-corrected chi connectivity index (χ3v) is 5.83. The number of imide groups is 1. The number of amides is 3. The van der Waals surface area contributed by atoms with E-state index in [0.717, 1.165) is 15.6 Å². The van der Waals surface area contributed by atoms with E-state index in [1.165, 1.54) is 4.90 Å². The monoisotopic (exact) mass is 476 g/mol. The number of benzene rings is 3. The molecule has 1 heterocycles. The number of anilines is 1. The zero-order valence-corrected chi connectivity index (χ0v) is 18.4. The van der Waals surface area contributed by atoms with Gasteiger partial charge in [0.2, 0.25) is 11.8 Å². The minimum absolute atomic E-state index is 0.0255. The summed E-state index contributed by atoms with van der Waals surface area (Å²) >= 11 is 3.37. The van der Waals surface area contributed by atoms with E-state index in [9.17, 15) is 14.4 Å². The Hall–Kier alpha value is -3.25. The average Bonchev–Trinajstić information content (AvgIpc) is 3.08. The number of rotatable bonds is 6. The topological polar surface area (TPSA) is 57.7 Å². The van der Waals surface area contributed by atoms with Gasteiger partial charge in [-0.05, 0) is 35.4 Å². The molecule has 6 heteroatoms. The Bertz CT molecular complexity index is 1080. The number of nitrogens with zero attached hydrogens (tertiary/aromatic N) is 2. The van der Waals surface area contributed by atoms with Gasteiger partial charge in [-0.15, -0.1) is 0 Å². The van der Waals surface area contributed by atoms with Gasteiger partial charge in [0.05, 0.1) is 18.5 Å². The number of carbonyl (C=O) groups excluding carboxylic acids is 3. The van der Waals surface area contributed by atoms with Crippen molar-refractivity contribution in [3.05, 3.63) is 101 Å². The normalized spacial score (nSPS) is 15.9. The maximum atomic E-state index is 13.3. The summed E-state index contributed by atoms with van der Waals surface area (Å²) in [6.07, 6.45) is 0.145. The summed E-state index contributed by atoms with van der Waals surface area (Å²) in [5.74, 6) is -0.855. The van der Waals surface area contributed by atoms with Crippen LogP contribution in [0.4, 0.5) is 5.69 Å². The highest BCUT2D eigenvalue weighted by molar-refractivity contribution is 9.10. The molecule has 3 aromatic carbocycles. The third-order valence-electron chi connectivity index (χ3n) is 5.30. The molecule has 0 saturated carbocycles. The maximum absolute atomic E-state index is 13.3. The molecular formula is C25H21BrN2O3. The van der Waals surface area contributed by atoms with Gasteiger partial charge < -0.3 is 4.90 Å². The van der Waals surface area contributed by atoms with Gasteiger partial charge in [0, 0.05) is 11.0 Å². The van der Waals surface area contributed by atoms with E-state index >= 15 is 0 Å².